The van der Waals surface area contributed by atoms with Gasteiger partial charge in [0.25, 0.3) is 11.8 Å². The van der Waals surface area contributed by atoms with Crippen LogP contribution in [0.15, 0.2) is 18.2 Å². The molecule has 3 amide bonds. The zero-order valence-electron chi connectivity index (χ0n) is 15.3. The van der Waals surface area contributed by atoms with Crippen LogP contribution in [0.25, 0.3) is 6.08 Å². The number of hydrogen-bond donors (Lipinski definition) is 2. The first-order chi connectivity index (χ1) is 13.5. The van der Waals surface area contributed by atoms with Gasteiger partial charge in [0, 0.05) is 19.0 Å². The van der Waals surface area contributed by atoms with Crippen LogP contribution in [0.4, 0.5) is 0 Å². The average molecular weight is 408 g/mol. The Morgan fingerprint density at radius 2 is 1.96 bits per heavy atom. The third-order valence-corrected chi connectivity index (χ3v) is 4.66. The highest BCUT2D eigenvalue weighted by Crippen LogP contribution is 2.38. The van der Waals surface area contributed by atoms with Crippen molar-refractivity contribution in [3.63, 3.8) is 0 Å². The van der Waals surface area contributed by atoms with E-state index in [0.717, 1.165) is 19.3 Å². The van der Waals surface area contributed by atoms with Gasteiger partial charge in [-0.2, -0.15) is 0 Å². The van der Waals surface area contributed by atoms with E-state index in [1.807, 2.05) is 0 Å². The van der Waals surface area contributed by atoms with Crippen molar-refractivity contribution in [2.45, 2.75) is 25.7 Å². The standard InChI is InChI=1S/C19H22ClN3O5/c20-14-10-13(11-15-19(14)28-9-8-27-15)5-6-16(24)21-22-17(25)12-23-7-3-1-2-4-18(23)26/h5-6,10-11H,1-4,7-9,12H2,(H,21,24)(H,22,25)/b6-5+. The Balaban J connectivity index is 1.49. The number of nitrogens with zero attached hydrogens (tertiary/aromatic N) is 1. The van der Waals surface area contributed by atoms with E-state index in [2.05, 4.69) is 10.9 Å². The molecule has 0 radical (unpaired) electrons. The lowest BCUT2D eigenvalue weighted by Gasteiger charge is -2.20. The molecule has 0 aliphatic carbocycles. The normalized spacial score (nSPS) is 16.6. The summed E-state index contributed by atoms with van der Waals surface area (Å²) in [5.41, 5.74) is 5.27. The highest BCUT2D eigenvalue weighted by Gasteiger charge is 2.19. The van der Waals surface area contributed by atoms with E-state index in [-0.39, 0.29) is 12.5 Å². The van der Waals surface area contributed by atoms with Gasteiger partial charge in [-0.3, -0.25) is 25.2 Å². The number of halogens is 1. The van der Waals surface area contributed by atoms with Crippen molar-refractivity contribution in [1.82, 2.24) is 15.8 Å². The number of rotatable bonds is 4. The average Bonchev–Trinajstić information content (AvgIpc) is 2.89. The quantitative estimate of drug-likeness (QED) is 0.584. The molecule has 2 aliphatic rings. The molecule has 2 heterocycles. The molecule has 150 valence electrons. The fourth-order valence-corrected chi connectivity index (χ4v) is 3.26. The molecular weight excluding hydrogens is 386 g/mol. The summed E-state index contributed by atoms with van der Waals surface area (Å²) >= 11 is 6.15. The summed E-state index contributed by atoms with van der Waals surface area (Å²) < 4.78 is 10.9. The molecule has 0 bridgehead atoms. The topological polar surface area (TPSA) is 97.0 Å². The predicted molar refractivity (Wildman–Crippen MR) is 103 cm³/mol. The predicted octanol–water partition coefficient (Wildman–Crippen LogP) is 1.67. The second kappa shape index (κ2) is 9.45. The molecular formula is C19H22ClN3O5. The van der Waals surface area contributed by atoms with E-state index in [1.54, 1.807) is 18.2 Å². The van der Waals surface area contributed by atoms with E-state index in [0.29, 0.717) is 48.3 Å². The molecule has 0 saturated carbocycles. The number of ether oxygens (including phenoxy) is 2. The molecule has 0 spiro atoms. The van der Waals surface area contributed by atoms with E-state index in [9.17, 15) is 14.4 Å². The first-order valence-electron chi connectivity index (χ1n) is 9.17. The minimum Gasteiger partial charge on any atom is -0.486 e. The van der Waals surface area contributed by atoms with Gasteiger partial charge in [0.1, 0.15) is 19.8 Å². The Bertz CT molecular complexity index is 796. The monoisotopic (exact) mass is 407 g/mol. The van der Waals surface area contributed by atoms with Crippen LogP contribution in [0.5, 0.6) is 11.5 Å². The smallest absolute Gasteiger partial charge is 0.262 e. The maximum absolute atomic E-state index is 12.0. The molecule has 2 aliphatic heterocycles. The maximum atomic E-state index is 12.0. The lowest BCUT2D eigenvalue weighted by molar-refractivity contribution is -0.136. The summed E-state index contributed by atoms with van der Waals surface area (Å²) in [7, 11) is 0. The SMILES string of the molecule is O=C(/C=C/c1cc(Cl)c2c(c1)OCCO2)NNC(=O)CN1CCCCCC1=O. The lowest BCUT2D eigenvalue weighted by Crippen LogP contribution is -2.47. The fraction of sp³-hybridized carbons (Fsp3) is 0.421. The Morgan fingerprint density at radius 1 is 1.14 bits per heavy atom. The van der Waals surface area contributed by atoms with E-state index in [1.165, 1.54) is 11.0 Å². The molecule has 0 unspecified atom stereocenters. The number of nitrogens with one attached hydrogen (secondary N) is 2. The summed E-state index contributed by atoms with van der Waals surface area (Å²) in [5.74, 6) is 0.0226. The van der Waals surface area contributed by atoms with E-state index in [4.69, 9.17) is 21.1 Å². The molecule has 28 heavy (non-hydrogen) atoms. The van der Waals surface area contributed by atoms with Crippen molar-refractivity contribution in [3.8, 4) is 11.5 Å². The number of fused-ring (bicyclic) bond motifs is 1. The number of carbonyl (C=O) groups is 3. The molecule has 1 aromatic rings. The Hall–Kier alpha value is -2.74. The van der Waals surface area contributed by atoms with Crippen LogP contribution in [0, 0.1) is 0 Å². The minimum atomic E-state index is -0.512. The zero-order chi connectivity index (χ0) is 19.9. The van der Waals surface area contributed by atoms with Gasteiger partial charge in [0.2, 0.25) is 5.91 Å². The summed E-state index contributed by atoms with van der Waals surface area (Å²) in [6.07, 6.45) is 5.98. The molecule has 0 atom stereocenters. The van der Waals surface area contributed by atoms with Crippen molar-refractivity contribution in [2.24, 2.45) is 0 Å². The van der Waals surface area contributed by atoms with Gasteiger partial charge in [-0.15, -0.1) is 0 Å². The molecule has 8 nitrogen and oxygen atoms in total. The molecule has 1 fully saturated rings. The highest BCUT2D eigenvalue weighted by molar-refractivity contribution is 6.32. The van der Waals surface area contributed by atoms with Crippen molar-refractivity contribution in [2.75, 3.05) is 26.3 Å². The molecule has 1 aromatic carbocycles. The number of hydrogen-bond acceptors (Lipinski definition) is 5. The first kappa shape index (κ1) is 20.0. The number of carbonyl (C=O) groups excluding carboxylic acids is 3. The van der Waals surface area contributed by atoms with Crippen LogP contribution >= 0.6 is 11.6 Å². The van der Waals surface area contributed by atoms with Crippen molar-refractivity contribution < 1.29 is 23.9 Å². The van der Waals surface area contributed by atoms with Crippen LogP contribution in [-0.2, 0) is 14.4 Å². The second-order valence-corrected chi connectivity index (χ2v) is 6.93. The van der Waals surface area contributed by atoms with Gasteiger partial charge in [-0.25, -0.2) is 0 Å². The van der Waals surface area contributed by atoms with Crippen molar-refractivity contribution in [1.29, 1.82) is 0 Å². The molecule has 2 N–H and O–H groups in total. The third-order valence-electron chi connectivity index (χ3n) is 4.38. The van der Waals surface area contributed by atoms with Crippen LogP contribution in [0.2, 0.25) is 5.02 Å². The number of likely N-dealkylation sites (tertiary alicyclic amines) is 1. The fourth-order valence-electron chi connectivity index (χ4n) is 2.99. The highest BCUT2D eigenvalue weighted by atomic mass is 35.5. The summed E-state index contributed by atoms with van der Waals surface area (Å²) in [6, 6.07) is 3.37. The van der Waals surface area contributed by atoms with Crippen LogP contribution < -0.4 is 20.3 Å². The molecule has 0 aromatic heterocycles. The van der Waals surface area contributed by atoms with Crippen LogP contribution in [-0.4, -0.2) is 48.9 Å². The van der Waals surface area contributed by atoms with Gasteiger partial charge in [-0.05, 0) is 36.6 Å². The van der Waals surface area contributed by atoms with Gasteiger partial charge in [0.05, 0.1) is 5.02 Å². The Kier molecular flexibility index (Phi) is 6.76. The van der Waals surface area contributed by atoms with Crippen LogP contribution in [0.3, 0.4) is 0 Å². The molecule has 1 saturated heterocycles. The van der Waals surface area contributed by atoms with Gasteiger partial charge < -0.3 is 14.4 Å². The number of hydrazine groups is 1. The Labute approximate surface area is 167 Å². The zero-order valence-corrected chi connectivity index (χ0v) is 16.1. The molecule has 9 heteroatoms. The van der Waals surface area contributed by atoms with Crippen LogP contribution in [0.1, 0.15) is 31.2 Å². The van der Waals surface area contributed by atoms with Crippen molar-refractivity contribution >= 4 is 35.4 Å². The largest absolute Gasteiger partial charge is 0.486 e. The number of amides is 3. The number of benzene rings is 1. The van der Waals surface area contributed by atoms with E-state index >= 15 is 0 Å². The minimum absolute atomic E-state index is 0.0330. The summed E-state index contributed by atoms with van der Waals surface area (Å²) in [4.78, 5) is 37.3. The second-order valence-electron chi connectivity index (χ2n) is 6.52. The van der Waals surface area contributed by atoms with Gasteiger partial charge in [-0.1, -0.05) is 18.0 Å². The first-order valence-corrected chi connectivity index (χ1v) is 9.54. The molecule has 3 rings (SSSR count). The van der Waals surface area contributed by atoms with Gasteiger partial charge >= 0.3 is 0 Å². The third kappa shape index (κ3) is 5.39. The van der Waals surface area contributed by atoms with Crippen molar-refractivity contribution in [3.05, 3.63) is 28.8 Å². The lowest BCUT2D eigenvalue weighted by atomic mass is 10.1. The maximum Gasteiger partial charge on any atom is 0.262 e. The summed E-state index contributed by atoms with van der Waals surface area (Å²) in [5, 5.41) is 0.396. The van der Waals surface area contributed by atoms with Gasteiger partial charge in [0.15, 0.2) is 11.5 Å². The Morgan fingerprint density at radius 3 is 2.82 bits per heavy atom. The van der Waals surface area contributed by atoms with E-state index < -0.39 is 11.8 Å². The summed E-state index contributed by atoms with van der Waals surface area (Å²) in [6.45, 7) is 1.36.